The molecule has 0 radical (unpaired) electrons. The molecule has 0 aliphatic heterocycles. The quantitative estimate of drug-likeness (QED) is 0.0535. The zero-order valence-corrected chi connectivity index (χ0v) is 134. The second-order valence-electron chi connectivity index (χ2n) is 13.8. The van der Waals surface area contributed by atoms with E-state index in [0.29, 0.717) is 0 Å². The molecule has 87 heteroatoms. The largest absolute Gasteiger partial charge is 0.109 e. The average Bonchev–Trinajstić information content (AvgIpc) is 3.29. The molecule has 48 atom stereocenters. The second kappa shape index (κ2) is 68.4. The van der Waals surface area contributed by atoms with E-state index in [1.807, 2.05) is 0 Å². The van der Waals surface area contributed by atoms with Gasteiger partial charge in [0.1, 0.15) is 0 Å². The fourth-order valence-corrected chi connectivity index (χ4v) is 1290. The summed E-state index contributed by atoms with van der Waals surface area (Å²) < 4.78 is 0. The van der Waals surface area contributed by atoms with Crippen molar-refractivity contribution in [3.05, 3.63) is 0 Å². The molecule has 0 saturated carbocycles. The smallest absolute Gasteiger partial charge is 0.00000253 e. The molecule has 0 bridgehead atoms. The Morgan fingerprint density at radius 1 is 0.103 bits per heavy atom. The Labute approximate surface area is 683 Å². The maximum atomic E-state index is 3.90. The van der Waals surface area contributed by atoms with Crippen molar-refractivity contribution < 1.29 is 0 Å². The first-order valence-electron chi connectivity index (χ1n) is 19.8. The van der Waals surface area contributed by atoms with Crippen molar-refractivity contribution in [2.45, 2.75) is 0 Å². The van der Waals surface area contributed by atoms with Gasteiger partial charge in [-0.1, -0.05) is 7.96 Å². The van der Waals surface area contributed by atoms with Crippen molar-refractivity contribution in [3.8, 4) is 0 Å². The molecule has 0 nitrogen and oxygen atoms in total. The predicted octanol–water partition coefficient (Wildman–Crippen LogP) is 51.1. The van der Waals surface area contributed by atoms with Gasteiger partial charge in [0, 0.05) is 0 Å². The third-order valence-electron chi connectivity index (χ3n) is 7.70. The van der Waals surface area contributed by atoms with E-state index in [0.717, 1.165) is 7.96 Å². The molecular weight excluding hydrogens is 2690 g/mol. The molecule has 0 fully saturated rings. The third kappa shape index (κ3) is 44.0. The number of hydrogen-bond acceptors (Lipinski definition) is 0. The normalized spacial score (nSPS) is 15.8. The summed E-state index contributed by atoms with van der Waals surface area (Å²) in [4.78, 5) is 0. The van der Waals surface area contributed by atoms with E-state index in [4.69, 9.17) is 0 Å². The average molecular weight is 2780 g/mol. The third-order valence-corrected chi connectivity index (χ3v) is 624. The van der Waals surface area contributed by atoms with Crippen molar-refractivity contribution in [1.29, 1.82) is 0 Å². The lowest BCUT2D eigenvalue weighted by molar-refractivity contribution is 4.30. The summed E-state index contributed by atoms with van der Waals surface area (Å²) in [5.74, 6) is 0. The summed E-state index contributed by atoms with van der Waals surface area (Å²) in [5.41, 5.74) is 0. The van der Waals surface area contributed by atoms with Gasteiger partial charge in [0.2, 0.25) is 0 Å². The van der Waals surface area contributed by atoms with Crippen molar-refractivity contribution in [1.82, 2.24) is 0 Å². The summed E-state index contributed by atoms with van der Waals surface area (Å²) in [6.07, 6.45) is 0. The van der Waals surface area contributed by atoms with Gasteiger partial charge in [-0.25, -0.2) is 0 Å². The van der Waals surface area contributed by atoms with Gasteiger partial charge in [-0.3, -0.25) is 0 Å². The summed E-state index contributed by atoms with van der Waals surface area (Å²) in [6.45, 7) is -15.9. The maximum absolute atomic E-state index is 3.90. The highest BCUT2D eigenvalue weighted by atomic mass is 33.6. The maximum Gasteiger partial charge on any atom is -0.00000253 e. The van der Waals surface area contributed by atoms with Crippen molar-refractivity contribution in [3.63, 3.8) is 0 Å². The summed E-state index contributed by atoms with van der Waals surface area (Å²) >= 11 is 0. The van der Waals surface area contributed by atoms with Crippen molar-refractivity contribution in [2.75, 3.05) is 0 Å². The zero-order valence-electron chi connectivity index (χ0n) is 44.7. The minimum absolute atomic E-state index is 0.320. The fourth-order valence-electron chi connectivity index (χ4n) is 5.31. The van der Waals surface area contributed by atoms with Crippen LogP contribution in [-0.2, 0) is 0 Å². The van der Waals surface area contributed by atoms with Crippen LogP contribution in [0, 0.1) is 0 Å². The summed E-state index contributed by atoms with van der Waals surface area (Å²) in [6, 6.07) is 0. The van der Waals surface area contributed by atoms with Gasteiger partial charge in [-0.05, 0) is 293 Å². The highest BCUT2D eigenvalue weighted by Gasteiger charge is 2.66. The van der Waals surface area contributed by atoms with Gasteiger partial charge < -0.3 is 0 Å². The molecule has 87 heavy (non-hydrogen) atoms. The van der Waals surface area contributed by atoms with Gasteiger partial charge in [0.25, 0.3) is 0 Å². The Kier molecular flexibility index (Phi) is 97.8. The molecule has 0 spiro atoms. The first kappa shape index (κ1) is 124. The highest BCUT2D eigenvalue weighted by Crippen LogP contribution is 3.53. The minimum Gasteiger partial charge on any atom is -0.109 e. The standard InChI is InChI=1S/H89P87/c1-45-67(44)78(66(42)43)84(79(68(46(2)3)47(4)5)69(48(6)7)49(8)9)87(85(80(70(50(10)11)51(12)13)71(52(14)15)53(16)17)81(72(54(18)19)55(20)21)73(56(22)23)57(24)25)86(82(74(58(26)27)59(28)29)75(60(30)31)61(32)33)83(76(62(34)35)63(36)37)77(64(38)39)65(40)41/h45H,1-44H2. The first-order valence-corrected chi connectivity index (χ1v) is 178. The van der Waals surface area contributed by atoms with E-state index < -0.39 is 62.9 Å². The Morgan fingerprint density at radius 3 is 0.241 bits per heavy atom. The lowest BCUT2D eigenvalue weighted by Crippen LogP contribution is -1.76. The zero-order chi connectivity index (χ0) is 69.0. The van der Waals surface area contributed by atoms with Gasteiger partial charge in [-0.15, -0.1) is 393 Å². The Bertz CT molecular complexity index is 1370. The molecule has 48 unspecified atom stereocenters. The molecule has 0 aliphatic rings. The fraction of sp³-hybridized carbons (Fsp3) is 0. The first-order chi connectivity index (χ1) is 39.6. The van der Waals surface area contributed by atoms with Crippen LogP contribution in [0.5, 0.6) is 0 Å². The number of rotatable bonds is 42. The molecular formula is H89P87. The van der Waals surface area contributed by atoms with Crippen LogP contribution in [0.1, 0.15) is 0 Å². The molecule has 0 N–H and O–H groups in total. The SMILES string of the molecule is PPP(P)P(P(P)P)P(P(P(P(P)P)P(P)P)P(P(P)P)P(P)P)P(P(P(P(P(P)P)P(P)P)P(P(P)P)P(P)P)P(P(P(P)P)P(P)P)P(P(P)P)P(P)P)P(P(P(P(P)P)P(P)P)P(P(P)P)P(P)P)P(P(P(P)P)P(P)P)P(P(P)P)P(P)P. The summed E-state index contributed by atoms with van der Waals surface area (Å²) in [7, 11) is 165. The van der Waals surface area contributed by atoms with E-state index in [1.165, 1.54) is 0 Å². The van der Waals surface area contributed by atoms with Crippen molar-refractivity contribution in [2.24, 2.45) is 0 Å². The van der Waals surface area contributed by atoms with E-state index in [9.17, 15) is 0 Å². The van der Waals surface area contributed by atoms with E-state index in [2.05, 4.69) is 393 Å². The molecule has 0 rings (SSSR count). The molecule has 0 amide bonds. The van der Waals surface area contributed by atoms with Gasteiger partial charge in [-0.2, -0.15) is 0 Å². The minimum atomic E-state index is -0.524. The Morgan fingerprint density at radius 2 is 0.172 bits per heavy atom. The Hall–Kier alpha value is 37.4. The van der Waals surface area contributed by atoms with Crippen LogP contribution < -0.4 is 0 Å². The molecule has 0 saturated heterocycles. The van der Waals surface area contributed by atoms with Crippen LogP contribution >= 0.6 is 694 Å². The number of hydrogen-bond donors (Lipinski definition) is 0. The molecule has 0 aromatic carbocycles. The van der Waals surface area contributed by atoms with E-state index in [-0.39, 0.29) is 231 Å². The molecule has 524 valence electrons. The van der Waals surface area contributed by atoms with Gasteiger partial charge in [0.15, 0.2) is 0 Å². The van der Waals surface area contributed by atoms with Crippen LogP contribution in [0.25, 0.3) is 0 Å². The molecule has 0 heterocycles. The predicted molar refractivity (Wildman–Crippen MR) is 726 cm³/mol. The second-order valence-corrected chi connectivity index (χ2v) is 373. The lowest BCUT2D eigenvalue weighted by atomic mass is 28.4. The van der Waals surface area contributed by atoms with E-state index in [1.54, 1.807) is 0 Å². The molecule has 0 aromatic heterocycles. The monoisotopic (exact) mass is 2780 g/mol. The lowest BCUT2D eigenvalue weighted by Gasteiger charge is -2.63. The molecule has 0 aliphatic carbocycles. The van der Waals surface area contributed by atoms with Crippen LogP contribution in [0.2, 0.25) is 0 Å². The van der Waals surface area contributed by atoms with Crippen LogP contribution in [0.3, 0.4) is 0 Å². The van der Waals surface area contributed by atoms with Crippen LogP contribution in [-0.4, -0.2) is 0 Å². The van der Waals surface area contributed by atoms with Gasteiger partial charge >= 0.3 is 0 Å². The highest BCUT2D eigenvalue weighted by molar-refractivity contribution is 9.59. The molecule has 0 aromatic rings. The van der Waals surface area contributed by atoms with Crippen LogP contribution in [0.4, 0.5) is 0 Å². The van der Waals surface area contributed by atoms with E-state index >= 15 is 0 Å². The van der Waals surface area contributed by atoms with Crippen LogP contribution in [0.15, 0.2) is 0 Å². The summed E-state index contributed by atoms with van der Waals surface area (Å²) in [5, 5.41) is 0. The van der Waals surface area contributed by atoms with Gasteiger partial charge in [0.05, 0.1) is 0 Å². The topological polar surface area (TPSA) is 0 Å². The Balaban J connectivity index is 13.4. The van der Waals surface area contributed by atoms with Crippen molar-refractivity contribution >= 4 is 694 Å².